The van der Waals surface area contributed by atoms with E-state index < -0.39 is 18.0 Å². The van der Waals surface area contributed by atoms with Crippen molar-refractivity contribution in [2.45, 2.75) is 33.4 Å². The van der Waals surface area contributed by atoms with E-state index in [0.29, 0.717) is 56.8 Å². The number of benzene rings is 3. The first kappa shape index (κ1) is 35.7. The zero-order valence-electron chi connectivity index (χ0n) is 27.6. The molecule has 1 aliphatic heterocycles. The SMILES string of the molecule is CCOC(=O)C1=C(C)N=c2s/c(=C\c3cc(I)c(OCc4ccccc4)c(OC)c3)c(=O)n2[C@@H]1c1ccc(OCC(=O)OC)c(OCC)c1. The van der Waals surface area contributed by atoms with Crippen LogP contribution in [0.3, 0.4) is 0 Å². The topological polar surface area (TPSA) is 124 Å². The van der Waals surface area contributed by atoms with Gasteiger partial charge in [-0.2, -0.15) is 0 Å². The van der Waals surface area contributed by atoms with Crippen molar-refractivity contribution in [2.75, 3.05) is 34.0 Å². The Morgan fingerprint density at radius 2 is 1.73 bits per heavy atom. The van der Waals surface area contributed by atoms with Gasteiger partial charge < -0.3 is 28.4 Å². The van der Waals surface area contributed by atoms with Crippen LogP contribution in [0.1, 0.15) is 43.5 Å². The molecular weight excluding hydrogens is 763 g/mol. The van der Waals surface area contributed by atoms with E-state index in [4.69, 9.17) is 23.7 Å². The van der Waals surface area contributed by atoms with Crippen LogP contribution in [-0.4, -0.2) is 50.5 Å². The predicted octanol–water partition coefficient (Wildman–Crippen LogP) is 4.94. The molecule has 0 radical (unpaired) electrons. The van der Waals surface area contributed by atoms with Gasteiger partial charge in [0, 0.05) is 0 Å². The smallest absolute Gasteiger partial charge is 0.343 e. The first-order valence-corrected chi connectivity index (χ1v) is 17.3. The number of hydrogen-bond donors (Lipinski definition) is 0. The number of esters is 2. The number of thiazole rings is 1. The van der Waals surface area contributed by atoms with Gasteiger partial charge in [0.05, 0.1) is 52.8 Å². The van der Waals surface area contributed by atoms with Crippen LogP contribution >= 0.6 is 33.9 Å². The molecule has 1 aliphatic rings. The Labute approximate surface area is 300 Å². The van der Waals surface area contributed by atoms with Gasteiger partial charge in [-0.1, -0.05) is 47.7 Å². The molecule has 49 heavy (non-hydrogen) atoms. The predicted molar refractivity (Wildman–Crippen MR) is 192 cm³/mol. The quantitative estimate of drug-likeness (QED) is 0.137. The largest absolute Gasteiger partial charge is 0.493 e. The number of carbonyl (C=O) groups is 2. The average molecular weight is 799 g/mol. The summed E-state index contributed by atoms with van der Waals surface area (Å²) in [5, 5.41) is 0. The van der Waals surface area contributed by atoms with E-state index in [-0.39, 0.29) is 24.3 Å². The van der Waals surface area contributed by atoms with E-state index in [2.05, 4.69) is 32.3 Å². The zero-order valence-corrected chi connectivity index (χ0v) is 30.6. The first-order chi connectivity index (χ1) is 23.7. The molecule has 0 amide bonds. The minimum absolute atomic E-state index is 0.142. The fourth-order valence-corrected chi connectivity index (χ4v) is 7.06. The number of aromatic nitrogens is 1. The Morgan fingerprint density at radius 1 is 0.959 bits per heavy atom. The highest BCUT2D eigenvalue weighted by atomic mass is 127. The van der Waals surface area contributed by atoms with Crippen molar-refractivity contribution in [3.8, 4) is 23.0 Å². The molecule has 0 fully saturated rings. The second-order valence-electron chi connectivity index (χ2n) is 10.6. The van der Waals surface area contributed by atoms with Crippen LogP contribution < -0.4 is 33.8 Å². The summed E-state index contributed by atoms with van der Waals surface area (Å²) in [5.74, 6) is 0.630. The molecule has 11 nitrogen and oxygen atoms in total. The van der Waals surface area contributed by atoms with Crippen molar-refractivity contribution in [2.24, 2.45) is 4.99 Å². The molecule has 0 saturated carbocycles. The zero-order chi connectivity index (χ0) is 35.1. The Kier molecular flexibility index (Phi) is 11.8. The molecule has 2 heterocycles. The minimum atomic E-state index is -0.880. The highest BCUT2D eigenvalue weighted by Gasteiger charge is 2.34. The van der Waals surface area contributed by atoms with Crippen LogP contribution in [0.25, 0.3) is 6.08 Å². The summed E-state index contributed by atoms with van der Waals surface area (Å²) in [6, 6.07) is 17.7. The lowest BCUT2D eigenvalue weighted by Crippen LogP contribution is -2.40. The molecule has 5 rings (SSSR count). The molecule has 3 aromatic carbocycles. The third-order valence-corrected chi connectivity index (χ3v) is 9.23. The summed E-state index contributed by atoms with van der Waals surface area (Å²) < 4.78 is 36.1. The van der Waals surface area contributed by atoms with E-state index in [1.54, 1.807) is 45.2 Å². The number of methoxy groups -OCH3 is 2. The summed E-state index contributed by atoms with van der Waals surface area (Å²) in [4.78, 5) is 44.4. The van der Waals surface area contributed by atoms with Crippen molar-refractivity contribution >= 4 is 51.9 Å². The molecule has 0 saturated heterocycles. The van der Waals surface area contributed by atoms with E-state index in [1.165, 1.54) is 23.0 Å². The summed E-state index contributed by atoms with van der Waals surface area (Å²) in [7, 11) is 2.84. The van der Waals surface area contributed by atoms with Gasteiger partial charge in [0.1, 0.15) is 6.61 Å². The normalized spacial score (nSPS) is 14.1. The summed E-state index contributed by atoms with van der Waals surface area (Å²) in [6.07, 6.45) is 1.77. The second kappa shape index (κ2) is 16.2. The number of carbonyl (C=O) groups excluding carboxylic acids is 2. The van der Waals surface area contributed by atoms with Gasteiger partial charge in [-0.25, -0.2) is 14.6 Å². The maximum Gasteiger partial charge on any atom is 0.343 e. The third kappa shape index (κ3) is 7.99. The fourth-order valence-electron chi connectivity index (χ4n) is 5.23. The monoisotopic (exact) mass is 798 g/mol. The molecule has 256 valence electrons. The van der Waals surface area contributed by atoms with E-state index >= 15 is 0 Å². The van der Waals surface area contributed by atoms with Crippen molar-refractivity contribution in [1.82, 2.24) is 4.57 Å². The van der Waals surface area contributed by atoms with Crippen LogP contribution in [0, 0.1) is 3.57 Å². The van der Waals surface area contributed by atoms with Gasteiger partial charge in [0.25, 0.3) is 5.56 Å². The van der Waals surface area contributed by atoms with Gasteiger partial charge in [-0.3, -0.25) is 9.36 Å². The number of hydrogen-bond acceptors (Lipinski definition) is 11. The number of ether oxygens (including phenoxy) is 6. The molecule has 4 aromatic rings. The number of halogens is 1. The number of rotatable bonds is 13. The second-order valence-corrected chi connectivity index (χ2v) is 12.8. The summed E-state index contributed by atoms with van der Waals surface area (Å²) in [5.41, 5.74) is 2.62. The maximum absolute atomic E-state index is 14.2. The lowest BCUT2D eigenvalue weighted by Gasteiger charge is -2.25. The van der Waals surface area contributed by atoms with Crippen molar-refractivity contribution in [3.63, 3.8) is 0 Å². The van der Waals surface area contributed by atoms with Crippen molar-refractivity contribution < 1.29 is 38.0 Å². The highest BCUT2D eigenvalue weighted by Crippen LogP contribution is 2.37. The van der Waals surface area contributed by atoms with Crippen LogP contribution in [-0.2, 0) is 25.7 Å². The Morgan fingerprint density at radius 3 is 2.43 bits per heavy atom. The molecule has 0 bridgehead atoms. The highest BCUT2D eigenvalue weighted by molar-refractivity contribution is 14.1. The summed E-state index contributed by atoms with van der Waals surface area (Å²) >= 11 is 3.40. The standard InChI is InChI=1S/C36H35IN2O9S/c1-6-45-27-18-24(13-14-26(27)47-20-30(40)44-5)32-31(35(42)46-7-2)21(3)38-36-39(32)34(41)29(49-36)17-23-15-25(37)33(28(16-23)43-4)48-19-22-11-9-8-10-12-22/h8-18,32H,6-7,19-20H2,1-5H3/b29-17-/t32-/m1/s1. The molecular formula is C36H35IN2O9S. The maximum atomic E-state index is 14.2. The molecule has 0 aliphatic carbocycles. The number of allylic oxidation sites excluding steroid dienone is 1. The molecule has 0 spiro atoms. The molecule has 0 N–H and O–H groups in total. The van der Waals surface area contributed by atoms with Crippen LogP contribution in [0.15, 0.2) is 81.7 Å². The lowest BCUT2D eigenvalue weighted by molar-refractivity contribution is -0.143. The van der Waals surface area contributed by atoms with E-state index in [1.807, 2.05) is 49.4 Å². The Hall–Kier alpha value is -4.63. The van der Waals surface area contributed by atoms with Gasteiger partial charge in [0.15, 0.2) is 34.4 Å². The van der Waals surface area contributed by atoms with Crippen molar-refractivity contribution in [1.29, 1.82) is 0 Å². The number of fused-ring (bicyclic) bond motifs is 1. The van der Waals surface area contributed by atoms with Gasteiger partial charge >= 0.3 is 11.9 Å². The Bertz CT molecular complexity index is 2070. The summed E-state index contributed by atoms with van der Waals surface area (Å²) in [6.45, 7) is 5.74. The molecule has 1 aromatic heterocycles. The van der Waals surface area contributed by atoms with Crippen LogP contribution in [0.5, 0.6) is 23.0 Å². The molecule has 0 unspecified atom stereocenters. The van der Waals surface area contributed by atoms with Gasteiger partial charge in [-0.15, -0.1) is 0 Å². The van der Waals surface area contributed by atoms with Crippen LogP contribution in [0.4, 0.5) is 0 Å². The molecule has 13 heteroatoms. The fraction of sp³-hybridized carbons (Fsp3) is 0.278. The van der Waals surface area contributed by atoms with E-state index in [9.17, 15) is 14.4 Å². The van der Waals surface area contributed by atoms with E-state index in [0.717, 1.165) is 14.7 Å². The first-order valence-electron chi connectivity index (χ1n) is 15.4. The molecule has 1 atom stereocenters. The number of nitrogens with zero attached hydrogens (tertiary/aromatic N) is 2. The lowest BCUT2D eigenvalue weighted by atomic mass is 9.95. The van der Waals surface area contributed by atoms with Crippen molar-refractivity contribution in [3.05, 3.63) is 112 Å². The van der Waals surface area contributed by atoms with Gasteiger partial charge in [-0.05, 0) is 90.4 Å². The van der Waals surface area contributed by atoms with Crippen LogP contribution in [0.2, 0.25) is 0 Å². The Balaban J connectivity index is 1.59. The minimum Gasteiger partial charge on any atom is -0.493 e. The third-order valence-electron chi connectivity index (χ3n) is 7.45. The van der Waals surface area contributed by atoms with Gasteiger partial charge in [0.2, 0.25) is 0 Å². The average Bonchev–Trinajstić information content (AvgIpc) is 3.40.